The van der Waals surface area contributed by atoms with E-state index in [9.17, 15) is 14.4 Å². The lowest BCUT2D eigenvalue weighted by Gasteiger charge is -2.18. The maximum Gasteiger partial charge on any atom is 0.306 e. The number of hydrogen-bond acceptors (Lipinski definition) is 6. The van der Waals surface area contributed by atoms with E-state index in [0.29, 0.717) is 19.3 Å². The number of carbonyl (C=O) groups excluding carboxylic acids is 3. The smallest absolute Gasteiger partial charge is 0.306 e. The van der Waals surface area contributed by atoms with Crippen molar-refractivity contribution in [2.24, 2.45) is 0 Å². The summed E-state index contributed by atoms with van der Waals surface area (Å²) in [5.41, 5.74) is 0. The Morgan fingerprint density at radius 2 is 0.554 bits per heavy atom. The summed E-state index contributed by atoms with van der Waals surface area (Å²) in [6, 6.07) is 0. The molecular formula is C68H118O6. The molecule has 0 heterocycles. The van der Waals surface area contributed by atoms with Gasteiger partial charge in [0.25, 0.3) is 0 Å². The standard InChI is InChI=1S/C68H118O6/c1-4-7-10-13-16-19-22-24-26-28-30-32-33-34-35-37-38-40-42-44-46-49-52-55-58-61-67(70)73-64-65(63-72-66(69)60-57-54-51-48-21-18-15-12-9-6-3)74-68(71)62-59-56-53-50-47-45-43-41-39-36-31-29-27-25-23-20-17-14-11-8-5-2/h8,11-12,15,17,20,25,27-28,30-31,36,41,43,65H,4-7,9-10,13-14,16,18-19,21-24,26,29,32-35,37-40,42,44-64H2,1-3H3/b11-8-,15-12-,20-17-,27-25-,30-28-,36-31-,43-41-. The molecule has 0 radical (unpaired) electrons. The molecule has 1 unspecified atom stereocenters. The van der Waals surface area contributed by atoms with Crippen molar-refractivity contribution >= 4 is 17.9 Å². The van der Waals surface area contributed by atoms with Crippen LogP contribution in [0.15, 0.2) is 85.1 Å². The third-order valence-corrected chi connectivity index (χ3v) is 13.6. The molecule has 0 aliphatic carbocycles. The van der Waals surface area contributed by atoms with Gasteiger partial charge in [-0.25, -0.2) is 0 Å². The number of hydrogen-bond donors (Lipinski definition) is 0. The monoisotopic (exact) mass is 1030 g/mol. The minimum atomic E-state index is -0.791. The number of rotatable bonds is 57. The van der Waals surface area contributed by atoms with Crippen LogP contribution < -0.4 is 0 Å². The number of esters is 3. The van der Waals surface area contributed by atoms with Crippen LogP contribution in [0.3, 0.4) is 0 Å². The van der Waals surface area contributed by atoms with Gasteiger partial charge in [0.05, 0.1) is 0 Å². The van der Waals surface area contributed by atoms with Crippen molar-refractivity contribution in [1.29, 1.82) is 0 Å². The molecule has 0 aliphatic rings. The van der Waals surface area contributed by atoms with E-state index >= 15 is 0 Å². The number of allylic oxidation sites excluding steroid dienone is 14. The molecule has 0 saturated carbocycles. The molecule has 0 bridgehead atoms. The summed E-state index contributed by atoms with van der Waals surface area (Å²) < 4.78 is 16.9. The largest absolute Gasteiger partial charge is 0.462 e. The summed E-state index contributed by atoms with van der Waals surface area (Å²) in [6.07, 6.45) is 81.7. The van der Waals surface area contributed by atoms with E-state index in [-0.39, 0.29) is 31.1 Å². The molecule has 0 aromatic heterocycles. The lowest BCUT2D eigenvalue weighted by Crippen LogP contribution is -2.30. The molecule has 0 saturated heterocycles. The zero-order valence-electron chi connectivity index (χ0n) is 48.8. The topological polar surface area (TPSA) is 78.9 Å². The average molecular weight is 1030 g/mol. The first-order valence-corrected chi connectivity index (χ1v) is 31.6. The van der Waals surface area contributed by atoms with Gasteiger partial charge in [-0.1, -0.05) is 266 Å². The van der Waals surface area contributed by atoms with Gasteiger partial charge in [0.1, 0.15) is 13.2 Å². The molecule has 0 fully saturated rings. The fourth-order valence-electron chi connectivity index (χ4n) is 8.88. The molecule has 0 aromatic carbocycles. The Labute approximate surface area is 458 Å². The average Bonchev–Trinajstić information content (AvgIpc) is 3.40. The zero-order valence-corrected chi connectivity index (χ0v) is 48.8. The Kier molecular flexibility index (Phi) is 59.3. The van der Waals surface area contributed by atoms with Gasteiger partial charge in [0, 0.05) is 19.3 Å². The molecule has 426 valence electrons. The van der Waals surface area contributed by atoms with Crippen LogP contribution in [0.1, 0.15) is 310 Å². The van der Waals surface area contributed by atoms with E-state index in [4.69, 9.17) is 14.2 Å². The fourth-order valence-corrected chi connectivity index (χ4v) is 8.88. The maximum atomic E-state index is 12.9. The summed E-state index contributed by atoms with van der Waals surface area (Å²) in [5, 5.41) is 0. The Bertz CT molecular complexity index is 1420. The van der Waals surface area contributed by atoms with E-state index < -0.39 is 6.10 Å². The predicted octanol–water partition coefficient (Wildman–Crippen LogP) is 21.5. The van der Waals surface area contributed by atoms with E-state index in [1.54, 1.807) is 0 Å². The highest BCUT2D eigenvalue weighted by Gasteiger charge is 2.19. The van der Waals surface area contributed by atoms with Crippen LogP contribution in [0.5, 0.6) is 0 Å². The van der Waals surface area contributed by atoms with Crippen LogP contribution in [-0.4, -0.2) is 37.2 Å². The second-order valence-electron chi connectivity index (χ2n) is 20.9. The Morgan fingerprint density at radius 3 is 0.892 bits per heavy atom. The van der Waals surface area contributed by atoms with Crippen molar-refractivity contribution in [2.45, 2.75) is 316 Å². The zero-order chi connectivity index (χ0) is 53.6. The first-order chi connectivity index (χ1) is 36.5. The van der Waals surface area contributed by atoms with Crippen molar-refractivity contribution in [3.8, 4) is 0 Å². The Hall–Kier alpha value is -3.41. The van der Waals surface area contributed by atoms with Gasteiger partial charge in [-0.15, -0.1) is 0 Å². The van der Waals surface area contributed by atoms with Crippen LogP contribution in [0, 0.1) is 0 Å². The summed E-state index contributed by atoms with van der Waals surface area (Å²) in [4.78, 5) is 38.2. The van der Waals surface area contributed by atoms with Gasteiger partial charge < -0.3 is 14.2 Å². The highest BCUT2D eigenvalue weighted by Crippen LogP contribution is 2.16. The summed E-state index contributed by atoms with van der Waals surface area (Å²) in [5.74, 6) is -0.908. The molecule has 6 nitrogen and oxygen atoms in total. The number of carbonyl (C=O) groups is 3. The second-order valence-corrected chi connectivity index (χ2v) is 20.9. The Balaban J connectivity index is 4.27. The lowest BCUT2D eigenvalue weighted by atomic mass is 10.0. The summed E-state index contributed by atoms with van der Waals surface area (Å²) in [6.45, 7) is 6.47. The molecule has 6 heteroatoms. The van der Waals surface area contributed by atoms with Crippen LogP contribution in [-0.2, 0) is 28.6 Å². The number of unbranched alkanes of at least 4 members (excludes halogenated alkanes) is 32. The van der Waals surface area contributed by atoms with Crippen LogP contribution in [0.25, 0.3) is 0 Å². The van der Waals surface area contributed by atoms with E-state index in [0.717, 1.165) is 122 Å². The fraction of sp³-hybridized carbons (Fsp3) is 0.750. The summed E-state index contributed by atoms with van der Waals surface area (Å²) >= 11 is 0. The molecule has 1 atom stereocenters. The van der Waals surface area contributed by atoms with Crippen molar-refractivity contribution in [3.63, 3.8) is 0 Å². The minimum absolute atomic E-state index is 0.0862. The Morgan fingerprint density at radius 1 is 0.284 bits per heavy atom. The minimum Gasteiger partial charge on any atom is -0.462 e. The van der Waals surface area contributed by atoms with Gasteiger partial charge in [0.2, 0.25) is 0 Å². The van der Waals surface area contributed by atoms with Crippen molar-refractivity contribution < 1.29 is 28.6 Å². The number of ether oxygens (including phenoxy) is 3. The SMILES string of the molecule is CC/C=C\C/C=C\C/C=C\C/C=C\C/C=C\CCCCCCCC(=O)OC(COC(=O)CCCCCCC/C=C\CCC)COC(=O)CCCCCCCCCCCCCCC/C=C\CCCCCCCCCC. The molecule has 0 aliphatic heterocycles. The molecule has 0 spiro atoms. The summed E-state index contributed by atoms with van der Waals surface area (Å²) in [7, 11) is 0. The molecule has 0 aromatic rings. The highest BCUT2D eigenvalue weighted by atomic mass is 16.6. The normalized spacial score (nSPS) is 12.6. The van der Waals surface area contributed by atoms with E-state index in [1.807, 2.05) is 0 Å². The van der Waals surface area contributed by atoms with Gasteiger partial charge in [-0.05, 0) is 109 Å². The van der Waals surface area contributed by atoms with Crippen LogP contribution >= 0.6 is 0 Å². The van der Waals surface area contributed by atoms with Gasteiger partial charge >= 0.3 is 17.9 Å². The predicted molar refractivity (Wildman–Crippen MR) is 321 cm³/mol. The van der Waals surface area contributed by atoms with E-state index in [2.05, 4.69) is 106 Å². The van der Waals surface area contributed by atoms with Crippen LogP contribution in [0.4, 0.5) is 0 Å². The van der Waals surface area contributed by atoms with Crippen LogP contribution in [0.2, 0.25) is 0 Å². The first-order valence-electron chi connectivity index (χ1n) is 31.6. The quantitative estimate of drug-likeness (QED) is 0.0261. The molecular weight excluding hydrogens is 913 g/mol. The van der Waals surface area contributed by atoms with Gasteiger partial charge in [0.15, 0.2) is 6.10 Å². The third-order valence-electron chi connectivity index (χ3n) is 13.6. The van der Waals surface area contributed by atoms with Gasteiger partial charge in [-0.3, -0.25) is 14.4 Å². The molecule has 0 N–H and O–H groups in total. The third kappa shape index (κ3) is 59.5. The van der Waals surface area contributed by atoms with Gasteiger partial charge in [-0.2, -0.15) is 0 Å². The molecule has 74 heavy (non-hydrogen) atoms. The second kappa shape index (κ2) is 62.1. The molecule has 0 amide bonds. The van der Waals surface area contributed by atoms with Crippen molar-refractivity contribution in [1.82, 2.24) is 0 Å². The van der Waals surface area contributed by atoms with Crippen molar-refractivity contribution in [2.75, 3.05) is 13.2 Å². The molecule has 0 rings (SSSR count). The first kappa shape index (κ1) is 70.6. The maximum absolute atomic E-state index is 12.9. The van der Waals surface area contributed by atoms with Crippen molar-refractivity contribution in [3.05, 3.63) is 85.1 Å². The lowest BCUT2D eigenvalue weighted by molar-refractivity contribution is -0.167. The highest BCUT2D eigenvalue weighted by molar-refractivity contribution is 5.71. The van der Waals surface area contributed by atoms with E-state index in [1.165, 1.54) is 148 Å².